The lowest BCUT2D eigenvalue weighted by Gasteiger charge is -2.16. The van der Waals surface area contributed by atoms with E-state index in [-0.39, 0.29) is 0 Å². The van der Waals surface area contributed by atoms with Gasteiger partial charge in [0.05, 0.1) is 0 Å². The maximum Gasteiger partial charge on any atom is 0.120 e. The minimum Gasteiger partial charge on any atom is -0.489 e. The molecular weight excluding hydrogens is 318 g/mol. The second-order valence-corrected chi connectivity index (χ2v) is 7.07. The van der Waals surface area contributed by atoms with Crippen molar-refractivity contribution in [3.05, 3.63) is 64.7 Å². The average Bonchev–Trinajstić information content (AvgIpc) is 2.87. The summed E-state index contributed by atoms with van der Waals surface area (Å²) in [6, 6.07) is 16.9. The van der Waals surface area contributed by atoms with Gasteiger partial charge in [-0.05, 0) is 48.2 Å². The number of hydrogen-bond acceptors (Lipinski definition) is 2. The van der Waals surface area contributed by atoms with Crippen LogP contribution in [0.3, 0.4) is 0 Å². The molecule has 1 aliphatic rings. The van der Waals surface area contributed by atoms with Gasteiger partial charge in [0.2, 0.25) is 0 Å². The zero-order valence-corrected chi connectivity index (χ0v) is 14.9. The van der Waals surface area contributed by atoms with Gasteiger partial charge in [-0.3, -0.25) is 0 Å². The number of nitrogens with one attached hydrogen (secondary N) is 1. The van der Waals surface area contributed by atoms with E-state index in [4.69, 9.17) is 16.3 Å². The third-order valence-electron chi connectivity index (χ3n) is 4.64. The minimum atomic E-state index is 0.542. The molecule has 0 amide bonds. The zero-order valence-electron chi connectivity index (χ0n) is 14.1. The van der Waals surface area contributed by atoms with Gasteiger partial charge in [-0.2, -0.15) is 0 Å². The molecule has 1 N–H and O–H groups in total. The molecule has 128 valence electrons. The monoisotopic (exact) mass is 343 g/mol. The van der Waals surface area contributed by atoms with Gasteiger partial charge < -0.3 is 10.1 Å². The summed E-state index contributed by atoms with van der Waals surface area (Å²) in [4.78, 5) is 0. The van der Waals surface area contributed by atoms with E-state index in [0.29, 0.717) is 12.6 Å². The van der Waals surface area contributed by atoms with E-state index >= 15 is 0 Å². The van der Waals surface area contributed by atoms with Crippen LogP contribution in [0, 0.1) is 0 Å². The summed E-state index contributed by atoms with van der Waals surface area (Å²) in [7, 11) is 0. The van der Waals surface area contributed by atoms with Crippen molar-refractivity contribution in [3.63, 3.8) is 0 Å². The number of hydrogen-bond donors (Lipinski definition) is 1. The molecule has 3 rings (SSSR count). The van der Waals surface area contributed by atoms with Crippen LogP contribution >= 0.6 is 11.6 Å². The molecular formula is C21H26ClNO. The Morgan fingerprint density at radius 1 is 0.917 bits per heavy atom. The molecule has 0 aliphatic heterocycles. The fourth-order valence-corrected chi connectivity index (χ4v) is 3.50. The second-order valence-electron chi connectivity index (χ2n) is 6.64. The Morgan fingerprint density at radius 2 is 1.67 bits per heavy atom. The van der Waals surface area contributed by atoms with Crippen molar-refractivity contribution in [2.45, 2.75) is 57.7 Å². The Morgan fingerprint density at radius 3 is 2.46 bits per heavy atom. The molecule has 0 spiro atoms. The molecule has 0 bridgehead atoms. The van der Waals surface area contributed by atoms with Gasteiger partial charge in [0.1, 0.15) is 12.4 Å². The highest BCUT2D eigenvalue weighted by Gasteiger charge is 2.11. The first-order valence-corrected chi connectivity index (χ1v) is 9.37. The van der Waals surface area contributed by atoms with Crippen LogP contribution in [0.2, 0.25) is 5.02 Å². The van der Waals surface area contributed by atoms with E-state index in [1.807, 2.05) is 30.3 Å². The van der Waals surface area contributed by atoms with Gasteiger partial charge in [-0.25, -0.2) is 0 Å². The molecule has 1 fully saturated rings. The van der Waals surface area contributed by atoms with Crippen molar-refractivity contribution in [2.24, 2.45) is 0 Å². The fourth-order valence-electron chi connectivity index (χ4n) is 3.28. The first-order chi connectivity index (χ1) is 11.8. The summed E-state index contributed by atoms with van der Waals surface area (Å²) in [5.41, 5.74) is 2.37. The molecule has 0 saturated heterocycles. The van der Waals surface area contributed by atoms with Crippen LogP contribution in [-0.2, 0) is 13.2 Å². The van der Waals surface area contributed by atoms with E-state index in [1.165, 1.54) is 44.1 Å². The van der Waals surface area contributed by atoms with Crippen molar-refractivity contribution in [3.8, 4) is 5.75 Å². The lowest BCUT2D eigenvalue weighted by Crippen LogP contribution is -2.27. The highest BCUT2D eigenvalue weighted by Crippen LogP contribution is 2.19. The predicted molar refractivity (Wildman–Crippen MR) is 101 cm³/mol. The van der Waals surface area contributed by atoms with Gasteiger partial charge >= 0.3 is 0 Å². The van der Waals surface area contributed by atoms with E-state index in [1.54, 1.807) is 0 Å². The van der Waals surface area contributed by atoms with Crippen molar-refractivity contribution in [1.29, 1.82) is 0 Å². The van der Waals surface area contributed by atoms with Crippen LogP contribution < -0.4 is 10.1 Å². The summed E-state index contributed by atoms with van der Waals surface area (Å²) in [5.74, 6) is 0.912. The maximum atomic E-state index is 6.01. The topological polar surface area (TPSA) is 21.3 Å². The molecule has 1 aliphatic carbocycles. The van der Waals surface area contributed by atoms with E-state index < -0.39 is 0 Å². The number of rotatable bonds is 6. The summed E-state index contributed by atoms with van der Waals surface area (Å²) >= 11 is 6.01. The Labute approximate surface area is 150 Å². The lowest BCUT2D eigenvalue weighted by molar-refractivity contribution is 0.305. The molecule has 3 heteroatoms. The predicted octanol–water partition coefficient (Wildman–Crippen LogP) is 5.73. The van der Waals surface area contributed by atoms with Gasteiger partial charge in [-0.1, -0.05) is 61.5 Å². The lowest BCUT2D eigenvalue weighted by atomic mass is 10.1. The van der Waals surface area contributed by atoms with E-state index in [2.05, 4.69) is 23.5 Å². The Hall–Kier alpha value is -1.51. The van der Waals surface area contributed by atoms with Crippen molar-refractivity contribution in [1.82, 2.24) is 5.32 Å². The molecule has 0 radical (unpaired) electrons. The first-order valence-electron chi connectivity index (χ1n) is 8.99. The molecule has 1 saturated carbocycles. The van der Waals surface area contributed by atoms with E-state index in [9.17, 15) is 0 Å². The van der Waals surface area contributed by atoms with Crippen LogP contribution in [0.15, 0.2) is 48.5 Å². The van der Waals surface area contributed by atoms with E-state index in [0.717, 1.165) is 22.9 Å². The van der Waals surface area contributed by atoms with Crippen LogP contribution in [0.25, 0.3) is 0 Å². The molecule has 2 aromatic carbocycles. The van der Waals surface area contributed by atoms with Crippen LogP contribution in [0.4, 0.5) is 0 Å². The maximum absolute atomic E-state index is 6.01. The third-order valence-corrected chi connectivity index (χ3v) is 4.88. The average molecular weight is 344 g/mol. The molecule has 0 heterocycles. The zero-order chi connectivity index (χ0) is 16.6. The quantitative estimate of drug-likeness (QED) is 0.676. The first kappa shape index (κ1) is 17.3. The molecule has 24 heavy (non-hydrogen) atoms. The number of ether oxygens (including phenoxy) is 1. The smallest absolute Gasteiger partial charge is 0.120 e. The summed E-state index contributed by atoms with van der Waals surface area (Å²) in [5, 5.41) is 4.46. The number of halogens is 1. The van der Waals surface area contributed by atoms with Crippen LogP contribution in [0.5, 0.6) is 5.75 Å². The third kappa shape index (κ3) is 5.54. The molecule has 0 unspecified atom stereocenters. The molecule has 0 atom stereocenters. The molecule has 2 nitrogen and oxygen atoms in total. The largest absolute Gasteiger partial charge is 0.489 e. The fraction of sp³-hybridized carbons (Fsp3) is 0.429. The Balaban J connectivity index is 1.51. The normalized spacial score (nSPS) is 15.9. The van der Waals surface area contributed by atoms with Crippen LogP contribution in [0.1, 0.15) is 49.7 Å². The molecule has 0 aromatic heterocycles. The standard InChI is InChI=1S/C21H26ClNO/c22-19-9-5-8-18(13-19)16-24-21-12-6-7-17(14-21)15-23-20-10-3-1-2-4-11-20/h5-9,12-14,20,23H,1-4,10-11,15-16H2. The Bertz CT molecular complexity index is 635. The summed E-state index contributed by atoms with van der Waals surface area (Å²) in [6.07, 6.45) is 8.13. The van der Waals surface area contributed by atoms with Gasteiger partial charge in [0.25, 0.3) is 0 Å². The summed E-state index contributed by atoms with van der Waals surface area (Å²) in [6.45, 7) is 1.46. The SMILES string of the molecule is Clc1cccc(COc2cccc(CNC3CCCCCC3)c2)c1. The van der Waals surface area contributed by atoms with Gasteiger partial charge in [0, 0.05) is 17.6 Å². The van der Waals surface area contributed by atoms with Gasteiger partial charge in [-0.15, -0.1) is 0 Å². The van der Waals surface area contributed by atoms with Crippen molar-refractivity contribution < 1.29 is 4.74 Å². The number of benzene rings is 2. The van der Waals surface area contributed by atoms with Crippen molar-refractivity contribution >= 4 is 11.6 Å². The Kier molecular flexibility index (Phi) is 6.57. The van der Waals surface area contributed by atoms with Crippen LogP contribution in [-0.4, -0.2) is 6.04 Å². The highest BCUT2D eigenvalue weighted by molar-refractivity contribution is 6.30. The molecule has 2 aromatic rings. The van der Waals surface area contributed by atoms with Gasteiger partial charge in [0.15, 0.2) is 0 Å². The second kappa shape index (κ2) is 9.10. The summed E-state index contributed by atoms with van der Waals surface area (Å²) < 4.78 is 5.91. The highest BCUT2D eigenvalue weighted by atomic mass is 35.5. The van der Waals surface area contributed by atoms with Crippen molar-refractivity contribution in [2.75, 3.05) is 0 Å². The minimum absolute atomic E-state index is 0.542.